The summed E-state index contributed by atoms with van der Waals surface area (Å²) in [4.78, 5) is 17.0. The van der Waals surface area contributed by atoms with Crippen LogP contribution >= 0.6 is 23.2 Å². The van der Waals surface area contributed by atoms with Crippen molar-refractivity contribution in [3.05, 3.63) is 63.6 Å². The molecular weight excluding hydrogens is 347 g/mol. The highest BCUT2D eigenvalue weighted by Crippen LogP contribution is 2.24. The highest BCUT2D eigenvalue weighted by molar-refractivity contribution is 6.43. The van der Waals surface area contributed by atoms with E-state index in [1.54, 1.807) is 18.2 Å². The van der Waals surface area contributed by atoms with Crippen LogP contribution in [0.4, 0.5) is 5.69 Å². The number of anilines is 1. The molecule has 2 aromatic carbocycles. The molecule has 0 heterocycles. The fourth-order valence-corrected chi connectivity index (χ4v) is 2.47. The highest BCUT2D eigenvalue weighted by Gasteiger charge is 2.09. The van der Waals surface area contributed by atoms with Crippen LogP contribution in [0.1, 0.15) is 30.9 Å². The topological polar surface area (TPSA) is 50.7 Å². The van der Waals surface area contributed by atoms with E-state index in [1.807, 2.05) is 24.3 Å². The molecule has 0 atom stereocenters. The predicted molar refractivity (Wildman–Crippen MR) is 99.2 cm³/mol. The first-order valence-corrected chi connectivity index (χ1v) is 8.22. The molecule has 2 aromatic rings. The summed E-state index contributed by atoms with van der Waals surface area (Å²) in [6.45, 7) is 3.95. The molecule has 0 saturated carbocycles. The fourth-order valence-electron chi connectivity index (χ4n) is 2.11. The number of carbonyl (C=O) groups excluding carboxylic acids is 1. The van der Waals surface area contributed by atoms with E-state index in [4.69, 9.17) is 28.0 Å². The standard InChI is InChI=1S/C18H18Cl2N2O2/c1-12(2)14-7-3-4-9-16(14)22-17(23)11-24-21-10-13-6-5-8-15(19)18(13)20/h3-10,12H,11H2,1-2H3,(H,22,23)/b21-10-. The molecule has 0 bridgehead atoms. The Morgan fingerprint density at radius 2 is 1.96 bits per heavy atom. The minimum Gasteiger partial charge on any atom is -0.386 e. The summed E-state index contributed by atoms with van der Waals surface area (Å²) in [5.41, 5.74) is 2.47. The summed E-state index contributed by atoms with van der Waals surface area (Å²) in [6.07, 6.45) is 1.42. The third-order valence-corrected chi connectivity index (χ3v) is 4.13. The van der Waals surface area contributed by atoms with Crippen LogP contribution < -0.4 is 5.32 Å². The number of nitrogens with zero attached hydrogens (tertiary/aromatic N) is 1. The van der Waals surface area contributed by atoms with E-state index in [-0.39, 0.29) is 12.5 Å². The number of rotatable bonds is 6. The van der Waals surface area contributed by atoms with Gasteiger partial charge >= 0.3 is 0 Å². The number of carbonyl (C=O) groups is 1. The maximum atomic E-state index is 12.0. The third kappa shape index (κ3) is 4.98. The molecule has 126 valence electrons. The Balaban J connectivity index is 1.90. The number of benzene rings is 2. The zero-order valence-corrected chi connectivity index (χ0v) is 14.9. The van der Waals surface area contributed by atoms with Crippen molar-refractivity contribution in [2.45, 2.75) is 19.8 Å². The number of halogens is 2. The molecule has 0 aromatic heterocycles. The fraction of sp³-hybridized carbons (Fsp3) is 0.222. The SMILES string of the molecule is CC(C)c1ccccc1NC(=O)CO/N=C\c1cccc(Cl)c1Cl. The van der Waals surface area contributed by atoms with Crippen LogP contribution in [0.2, 0.25) is 10.0 Å². The zero-order chi connectivity index (χ0) is 17.5. The zero-order valence-electron chi connectivity index (χ0n) is 13.4. The van der Waals surface area contributed by atoms with Gasteiger partial charge in [0, 0.05) is 11.3 Å². The van der Waals surface area contributed by atoms with E-state index in [1.165, 1.54) is 6.21 Å². The number of nitrogens with one attached hydrogen (secondary N) is 1. The molecule has 0 saturated heterocycles. The molecule has 0 radical (unpaired) electrons. The van der Waals surface area contributed by atoms with Crippen molar-refractivity contribution in [2.24, 2.45) is 5.16 Å². The van der Waals surface area contributed by atoms with Gasteiger partial charge in [-0.3, -0.25) is 4.79 Å². The Hall–Kier alpha value is -2.04. The minimum absolute atomic E-state index is 0.193. The van der Waals surface area contributed by atoms with E-state index in [0.717, 1.165) is 11.3 Å². The number of amides is 1. The predicted octanol–water partition coefficient (Wildman–Crippen LogP) is 5.11. The summed E-state index contributed by atoms with van der Waals surface area (Å²) in [7, 11) is 0. The average Bonchev–Trinajstić information content (AvgIpc) is 2.55. The van der Waals surface area contributed by atoms with E-state index >= 15 is 0 Å². The lowest BCUT2D eigenvalue weighted by molar-refractivity contribution is -0.120. The molecule has 0 fully saturated rings. The van der Waals surface area contributed by atoms with Crippen molar-refractivity contribution in [3.8, 4) is 0 Å². The van der Waals surface area contributed by atoms with Gasteiger partial charge in [0.05, 0.1) is 16.3 Å². The molecule has 4 nitrogen and oxygen atoms in total. The lowest BCUT2D eigenvalue weighted by Gasteiger charge is -2.13. The van der Waals surface area contributed by atoms with Crippen LogP contribution in [0.25, 0.3) is 0 Å². The van der Waals surface area contributed by atoms with E-state index in [0.29, 0.717) is 21.5 Å². The van der Waals surface area contributed by atoms with Gasteiger partial charge in [-0.2, -0.15) is 0 Å². The van der Waals surface area contributed by atoms with Crippen molar-refractivity contribution < 1.29 is 9.63 Å². The minimum atomic E-state index is -0.280. The Labute approximate surface area is 151 Å². The van der Waals surface area contributed by atoms with Crippen molar-refractivity contribution >= 4 is 41.0 Å². The van der Waals surface area contributed by atoms with Crippen LogP contribution in [0, 0.1) is 0 Å². The van der Waals surface area contributed by atoms with Gasteiger partial charge in [-0.1, -0.05) is 72.5 Å². The second kappa shape index (κ2) is 8.71. The molecule has 0 unspecified atom stereocenters. The largest absolute Gasteiger partial charge is 0.386 e. The van der Waals surface area contributed by atoms with Gasteiger partial charge in [-0.25, -0.2) is 0 Å². The van der Waals surface area contributed by atoms with Gasteiger partial charge in [-0.15, -0.1) is 0 Å². The van der Waals surface area contributed by atoms with Gasteiger partial charge in [0.1, 0.15) is 0 Å². The van der Waals surface area contributed by atoms with Crippen molar-refractivity contribution in [3.63, 3.8) is 0 Å². The number of hydrogen-bond acceptors (Lipinski definition) is 3. The van der Waals surface area contributed by atoms with Crippen molar-refractivity contribution in [2.75, 3.05) is 11.9 Å². The van der Waals surface area contributed by atoms with E-state index in [2.05, 4.69) is 24.3 Å². The monoisotopic (exact) mass is 364 g/mol. The Morgan fingerprint density at radius 3 is 2.71 bits per heavy atom. The lowest BCUT2D eigenvalue weighted by atomic mass is 10.0. The van der Waals surface area contributed by atoms with Crippen LogP contribution in [0.5, 0.6) is 0 Å². The van der Waals surface area contributed by atoms with E-state index < -0.39 is 0 Å². The van der Waals surface area contributed by atoms with E-state index in [9.17, 15) is 4.79 Å². The lowest BCUT2D eigenvalue weighted by Crippen LogP contribution is -2.18. The summed E-state index contributed by atoms with van der Waals surface area (Å²) in [5.74, 6) is 0.0304. The van der Waals surface area contributed by atoms with Crippen LogP contribution in [-0.2, 0) is 9.63 Å². The van der Waals surface area contributed by atoms with Gasteiger partial charge in [-0.05, 0) is 23.6 Å². The Bertz CT molecular complexity index is 746. The second-order valence-electron chi connectivity index (χ2n) is 5.44. The first kappa shape index (κ1) is 18.3. The van der Waals surface area contributed by atoms with Gasteiger partial charge in [0.15, 0.2) is 6.61 Å². The molecule has 1 N–H and O–H groups in total. The summed E-state index contributed by atoms with van der Waals surface area (Å²) in [6, 6.07) is 12.9. The van der Waals surface area contributed by atoms with Crippen molar-refractivity contribution in [1.29, 1.82) is 0 Å². The maximum Gasteiger partial charge on any atom is 0.265 e. The van der Waals surface area contributed by atoms with Gasteiger partial charge in [0.2, 0.25) is 0 Å². The summed E-state index contributed by atoms with van der Waals surface area (Å²) in [5, 5.41) is 7.40. The molecule has 6 heteroatoms. The number of para-hydroxylation sites is 1. The molecule has 0 aliphatic heterocycles. The van der Waals surface area contributed by atoms with Crippen LogP contribution in [-0.4, -0.2) is 18.7 Å². The molecule has 0 aliphatic carbocycles. The smallest absolute Gasteiger partial charge is 0.265 e. The number of oxime groups is 1. The first-order chi connectivity index (χ1) is 11.5. The quantitative estimate of drug-likeness (QED) is 0.572. The summed E-state index contributed by atoms with van der Waals surface area (Å²) >= 11 is 11.9. The van der Waals surface area contributed by atoms with Crippen LogP contribution in [0.3, 0.4) is 0 Å². The van der Waals surface area contributed by atoms with Crippen molar-refractivity contribution in [1.82, 2.24) is 0 Å². The third-order valence-electron chi connectivity index (χ3n) is 3.30. The Kier molecular flexibility index (Phi) is 6.64. The molecule has 2 rings (SSSR count). The highest BCUT2D eigenvalue weighted by atomic mass is 35.5. The summed E-state index contributed by atoms with van der Waals surface area (Å²) < 4.78 is 0. The van der Waals surface area contributed by atoms with Gasteiger partial charge < -0.3 is 10.2 Å². The average molecular weight is 365 g/mol. The van der Waals surface area contributed by atoms with Gasteiger partial charge in [0.25, 0.3) is 5.91 Å². The molecule has 24 heavy (non-hydrogen) atoms. The molecule has 1 amide bonds. The number of hydrogen-bond donors (Lipinski definition) is 1. The second-order valence-corrected chi connectivity index (χ2v) is 6.23. The Morgan fingerprint density at radius 1 is 1.21 bits per heavy atom. The normalized spacial score (nSPS) is 11.0. The maximum absolute atomic E-state index is 12.0. The molecular formula is C18H18Cl2N2O2. The molecule has 0 spiro atoms. The first-order valence-electron chi connectivity index (χ1n) is 7.47. The van der Waals surface area contributed by atoms with Crippen LogP contribution in [0.15, 0.2) is 47.6 Å². The molecule has 0 aliphatic rings.